The van der Waals surface area contributed by atoms with Gasteiger partial charge < -0.3 is 4.98 Å². The van der Waals surface area contributed by atoms with Gasteiger partial charge in [-0.05, 0) is 24.8 Å². The number of hydrogen-bond acceptors (Lipinski definition) is 2. The molecule has 2 aromatic heterocycles. The van der Waals surface area contributed by atoms with Crippen molar-refractivity contribution in [3.8, 4) is 0 Å². The first-order valence-electron chi connectivity index (χ1n) is 5.73. The van der Waals surface area contributed by atoms with Crippen LogP contribution in [-0.4, -0.2) is 15.0 Å². The van der Waals surface area contributed by atoms with Gasteiger partial charge in [-0.25, -0.2) is 4.98 Å². The molecule has 1 fully saturated rings. The van der Waals surface area contributed by atoms with Crippen LogP contribution < -0.4 is 0 Å². The Balaban J connectivity index is 1.96. The quantitative estimate of drug-likeness (QED) is 0.770. The summed E-state index contributed by atoms with van der Waals surface area (Å²) in [5, 5.41) is 0. The van der Waals surface area contributed by atoms with Gasteiger partial charge in [-0.2, -0.15) is 0 Å². The fourth-order valence-corrected chi connectivity index (χ4v) is 2.50. The van der Waals surface area contributed by atoms with Crippen LogP contribution in [0.2, 0.25) is 0 Å². The van der Waals surface area contributed by atoms with Crippen LogP contribution in [0, 0.1) is 0 Å². The molecule has 0 aromatic carbocycles. The van der Waals surface area contributed by atoms with Gasteiger partial charge in [0.15, 0.2) is 5.65 Å². The van der Waals surface area contributed by atoms with Crippen molar-refractivity contribution in [3.05, 3.63) is 24.2 Å². The molecule has 0 bridgehead atoms. The third kappa shape index (κ3) is 1.62. The highest BCUT2D eigenvalue weighted by Crippen LogP contribution is 2.32. The first-order valence-corrected chi connectivity index (χ1v) is 5.73. The molecule has 0 saturated heterocycles. The van der Waals surface area contributed by atoms with Gasteiger partial charge in [-0.3, -0.25) is 4.98 Å². The Bertz CT molecular complexity index is 422. The van der Waals surface area contributed by atoms with Gasteiger partial charge in [0.2, 0.25) is 0 Å². The van der Waals surface area contributed by atoms with E-state index < -0.39 is 0 Å². The maximum Gasteiger partial charge on any atom is 0.156 e. The zero-order valence-corrected chi connectivity index (χ0v) is 8.74. The van der Waals surface area contributed by atoms with Crippen molar-refractivity contribution in [2.75, 3.05) is 0 Å². The second-order valence-corrected chi connectivity index (χ2v) is 4.35. The topological polar surface area (TPSA) is 41.6 Å². The molecular weight excluding hydrogens is 186 g/mol. The average molecular weight is 201 g/mol. The summed E-state index contributed by atoms with van der Waals surface area (Å²) in [6, 6.07) is 2.16. The number of H-pyrrole nitrogens is 1. The van der Waals surface area contributed by atoms with Crippen molar-refractivity contribution >= 4 is 11.2 Å². The van der Waals surface area contributed by atoms with E-state index in [0.717, 1.165) is 11.2 Å². The Kier molecular flexibility index (Phi) is 2.16. The fourth-order valence-electron chi connectivity index (χ4n) is 2.50. The number of nitrogens with one attached hydrogen (secondary N) is 1. The minimum atomic E-state index is 0.703. The summed E-state index contributed by atoms with van der Waals surface area (Å²) < 4.78 is 0. The lowest BCUT2D eigenvalue weighted by Gasteiger charge is -2.19. The van der Waals surface area contributed by atoms with E-state index in [2.05, 4.69) is 21.0 Å². The summed E-state index contributed by atoms with van der Waals surface area (Å²) in [6.07, 6.45) is 10.2. The van der Waals surface area contributed by atoms with Crippen molar-refractivity contribution in [2.24, 2.45) is 0 Å². The highest BCUT2D eigenvalue weighted by Gasteiger charge is 2.17. The lowest BCUT2D eigenvalue weighted by molar-refractivity contribution is 0.438. The summed E-state index contributed by atoms with van der Waals surface area (Å²) in [4.78, 5) is 12.0. The molecule has 0 unspecified atom stereocenters. The fraction of sp³-hybridized carbons (Fsp3) is 0.500. The van der Waals surface area contributed by atoms with E-state index >= 15 is 0 Å². The number of fused-ring (bicyclic) bond motifs is 1. The molecular formula is C12H15N3. The van der Waals surface area contributed by atoms with E-state index in [9.17, 15) is 0 Å². The molecule has 3 rings (SSSR count). The number of rotatable bonds is 1. The lowest BCUT2D eigenvalue weighted by Crippen LogP contribution is -2.04. The monoisotopic (exact) mass is 201 g/mol. The van der Waals surface area contributed by atoms with Gasteiger partial charge in [-0.15, -0.1) is 0 Å². The van der Waals surface area contributed by atoms with E-state index in [0.29, 0.717) is 5.92 Å². The van der Waals surface area contributed by atoms with Gasteiger partial charge in [0.05, 0.1) is 0 Å². The van der Waals surface area contributed by atoms with Gasteiger partial charge >= 0.3 is 0 Å². The standard InChI is InChI=1S/C12H15N3/c1-2-4-9(5-3-1)10-8-11-12(15-10)14-7-6-13-11/h6-9H,1-5H2,(H,14,15). The van der Waals surface area contributed by atoms with Crippen LogP contribution in [0.1, 0.15) is 43.7 Å². The predicted molar refractivity (Wildman–Crippen MR) is 59.7 cm³/mol. The lowest BCUT2D eigenvalue weighted by atomic mass is 9.87. The van der Waals surface area contributed by atoms with Crippen LogP contribution in [0.25, 0.3) is 11.2 Å². The van der Waals surface area contributed by atoms with Gasteiger partial charge in [0.1, 0.15) is 5.52 Å². The summed E-state index contributed by atoms with van der Waals surface area (Å²) in [5.41, 5.74) is 3.26. The molecule has 1 saturated carbocycles. The minimum Gasteiger partial charge on any atom is -0.342 e. The molecule has 15 heavy (non-hydrogen) atoms. The maximum atomic E-state index is 4.30. The zero-order chi connectivity index (χ0) is 10.1. The molecule has 1 aliphatic carbocycles. The zero-order valence-electron chi connectivity index (χ0n) is 8.74. The van der Waals surface area contributed by atoms with Crippen LogP contribution in [0.15, 0.2) is 18.5 Å². The van der Waals surface area contributed by atoms with E-state index in [-0.39, 0.29) is 0 Å². The molecule has 78 valence electrons. The third-order valence-electron chi connectivity index (χ3n) is 3.33. The normalized spacial score (nSPS) is 18.4. The first kappa shape index (κ1) is 8.89. The van der Waals surface area contributed by atoms with E-state index in [1.54, 1.807) is 12.4 Å². The summed E-state index contributed by atoms with van der Waals surface area (Å²) in [7, 11) is 0. The van der Waals surface area contributed by atoms with Crippen molar-refractivity contribution in [1.29, 1.82) is 0 Å². The third-order valence-corrected chi connectivity index (χ3v) is 3.33. The number of aromatic amines is 1. The summed E-state index contributed by atoms with van der Waals surface area (Å²) in [5.74, 6) is 0.703. The van der Waals surface area contributed by atoms with Crippen molar-refractivity contribution in [3.63, 3.8) is 0 Å². The number of aromatic nitrogens is 3. The Morgan fingerprint density at radius 2 is 1.87 bits per heavy atom. The van der Waals surface area contributed by atoms with E-state index in [4.69, 9.17) is 0 Å². The minimum absolute atomic E-state index is 0.703. The van der Waals surface area contributed by atoms with Crippen LogP contribution in [-0.2, 0) is 0 Å². The number of nitrogens with zero attached hydrogens (tertiary/aromatic N) is 2. The highest BCUT2D eigenvalue weighted by molar-refractivity contribution is 5.71. The predicted octanol–water partition coefficient (Wildman–Crippen LogP) is 3.01. The van der Waals surface area contributed by atoms with Crippen molar-refractivity contribution < 1.29 is 0 Å². The van der Waals surface area contributed by atoms with Crippen LogP contribution in [0.3, 0.4) is 0 Å². The number of hydrogen-bond donors (Lipinski definition) is 1. The highest BCUT2D eigenvalue weighted by atomic mass is 14.9. The van der Waals surface area contributed by atoms with Gasteiger partial charge in [0, 0.05) is 18.1 Å². The van der Waals surface area contributed by atoms with Crippen LogP contribution in [0.5, 0.6) is 0 Å². The molecule has 3 heteroatoms. The Morgan fingerprint density at radius 1 is 1.07 bits per heavy atom. The van der Waals surface area contributed by atoms with Crippen molar-refractivity contribution in [2.45, 2.75) is 38.0 Å². The molecule has 2 aromatic rings. The smallest absolute Gasteiger partial charge is 0.156 e. The Morgan fingerprint density at radius 3 is 2.67 bits per heavy atom. The van der Waals surface area contributed by atoms with Gasteiger partial charge in [-0.1, -0.05) is 19.3 Å². The summed E-state index contributed by atoms with van der Waals surface area (Å²) in [6.45, 7) is 0. The molecule has 0 aliphatic heterocycles. The van der Waals surface area contributed by atoms with Crippen molar-refractivity contribution in [1.82, 2.24) is 15.0 Å². The molecule has 0 amide bonds. The van der Waals surface area contributed by atoms with Crippen LogP contribution in [0.4, 0.5) is 0 Å². The largest absolute Gasteiger partial charge is 0.342 e. The van der Waals surface area contributed by atoms with Gasteiger partial charge in [0.25, 0.3) is 0 Å². The van der Waals surface area contributed by atoms with Crippen LogP contribution >= 0.6 is 0 Å². The Labute approximate surface area is 88.9 Å². The Hall–Kier alpha value is -1.38. The molecule has 0 spiro atoms. The first-order chi connectivity index (χ1) is 7.43. The molecule has 3 nitrogen and oxygen atoms in total. The SMILES string of the molecule is c1cnc2[nH]c(C3CCCCC3)cc2n1. The second-order valence-electron chi connectivity index (χ2n) is 4.35. The molecule has 0 atom stereocenters. The molecule has 0 radical (unpaired) electrons. The molecule has 1 aliphatic rings. The molecule has 2 heterocycles. The second kappa shape index (κ2) is 3.65. The maximum absolute atomic E-state index is 4.30. The summed E-state index contributed by atoms with van der Waals surface area (Å²) >= 11 is 0. The van der Waals surface area contributed by atoms with E-state index in [1.807, 2.05) is 0 Å². The molecule has 1 N–H and O–H groups in total. The van der Waals surface area contributed by atoms with E-state index in [1.165, 1.54) is 37.8 Å². The average Bonchev–Trinajstić information content (AvgIpc) is 2.74.